The molecule has 6 heteroatoms. The Morgan fingerprint density at radius 1 is 1.06 bits per heavy atom. The van der Waals surface area contributed by atoms with Gasteiger partial charge in [0, 0.05) is 33.2 Å². The third kappa shape index (κ3) is 11.0. The first-order chi connectivity index (χ1) is 8.20. The number of methoxy groups -OCH3 is 1. The highest BCUT2D eigenvalue weighted by Crippen LogP contribution is 1.82. The molecule has 3 N–H and O–H groups in total. The van der Waals surface area contributed by atoms with E-state index in [0.29, 0.717) is 26.2 Å². The molecule has 0 radical (unpaired) electrons. The van der Waals surface area contributed by atoms with Gasteiger partial charge < -0.3 is 20.7 Å². The van der Waals surface area contributed by atoms with Gasteiger partial charge in [0.15, 0.2) is 0 Å². The van der Waals surface area contributed by atoms with Crippen molar-refractivity contribution in [1.82, 2.24) is 16.0 Å². The number of hydrogen-bond donors (Lipinski definition) is 3. The van der Waals surface area contributed by atoms with E-state index < -0.39 is 0 Å². The molecule has 0 saturated heterocycles. The predicted octanol–water partition coefficient (Wildman–Crippen LogP) is 0.238. The second kappa shape index (κ2) is 11.2. The number of rotatable bonds is 9. The Hall–Kier alpha value is -1.30. The van der Waals surface area contributed by atoms with E-state index in [1.807, 2.05) is 0 Å². The second-order valence-corrected chi connectivity index (χ2v) is 3.63. The van der Waals surface area contributed by atoms with Crippen LogP contribution >= 0.6 is 0 Å². The summed E-state index contributed by atoms with van der Waals surface area (Å²) < 4.78 is 4.80. The zero-order valence-electron chi connectivity index (χ0n) is 10.7. The summed E-state index contributed by atoms with van der Waals surface area (Å²) in [6.45, 7) is 4.07. The van der Waals surface area contributed by atoms with Crippen LogP contribution in [0.5, 0.6) is 0 Å². The van der Waals surface area contributed by atoms with Gasteiger partial charge in [-0.1, -0.05) is 13.3 Å². The van der Waals surface area contributed by atoms with Crippen molar-refractivity contribution in [1.29, 1.82) is 0 Å². The first-order valence-corrected chi connectivity index (χ1v) is 5.98. The summed E-state index contributed by atoms with van der Waals surface area (Å²) in [5, 5.41) is 8.00. The highest BCUT2D eigenvalue weighted by Gasteiger charge is 2.02. The molecule has 0 aromatic heterocycles. The Balaban J connectivity index is 3.36. The fourth-order valence-electron chi connectivity index (χ4n) is 1.11. The Kier molecular flexibility index (Phi) is 10.3. The first-order valence-electron chi connectivity index (χ1n) is 5.98. The average Bonchev–Trinajstić information content (AvgIpc) is 2.30. The molecule has 0 aromatic carbocycles. The molecule has 3 amide bonds. The molecule has 0 fully saturated rings. The van der Waals surface area contributed by atoms with Gasteiger partial charge in [0.2, 0.25) is 5.91 Å². The molecule has 0 atom stereocenters. The highest BCUT2D eigenvalue weighted by molar-refractivity contribution is 5.78. The fourth-order valence-corrected chi connectivity index (χ4v) is 1.11. The summed E-state index contributed by atoms with van der Waals surface area (Å²) >= 11 is 0. The van der Waals surface area contributed by atoms with Gasteiger partial charge in [0.25, 0.3) is 0 Å². The van der Waals surface area contributed by atoms with Gasteiger partial charge in [-0.3, -0.25) is 4.79 Å². The van der Waals surface area contributed by atoms with Gasteiger partial charge in [-0.25, -0.2) is 4.79 Å². The maximum atomic E-state index is 11.2. The largest absolute Gasteiger partial charge is 0.383 e. The summed E-state index contributed by atoms with van der Waals surface area (Å²) in [6.07, 6.45) is 2.29. The molecule has 100 valence electrons. The van der Waals surface area contributed by atoms with E-state index in [2.05, 4.69) is 22.9 Å². The van der Waals surface area contributed by atoms with Gasteiger partial charge in [0.05, 0.1) is 6.61 Å². The normalized spacial score (nSPS) is 9.76. The van der Waals surface area contributed by atoms with Crippen molar-refractivity contribution in [3.05, 3.63) is 0 Å². The molecule has 0 aromatic rings. The highest BCUT2D eigenvalue weighted by atomic mass is 16.5. The van der Waals surface area contributed by atoms with Gasteiger partial charge in [-0.05, 0) is 6.42 Å². The number of ether oxygens (including phenoxy) is 1. The van der Waals surface area contributed by atoms with Gasteiger partial charge in [-0.2, -0.15) is 0 Å². The molecule has 0 aliphatic carbocycles. The van der Waals surface area contributed by atoms with E-state index in [0.717, 1.165) is 12.8 Å². The lowest BCUT2D eigenvalue weighted by atomic mass is 10.3. The minimum Gasteiger partial charge on any atom is -0.383 e. The number of carbonyl (C=O) groups is 2. The van der Waals surface area contributed by atoms with Gasteiger partial charge in [-0.15, -0.1) is 0 Å². The number of urea groups is 1. The van der Waals surface area contributed by atoms with Crippen LogP contribution in [-0.2, 0) is 9.53 Å². The van der Waals surface area contributed by atoms with Crippen LogP contribution in [0, 0.1) is 0 Å². The van der Waals surface area contributed by atoms with Crippen LogP contribution in [-0.4, -0.2) is 45.3 Å². The summed E-state index contributed by atoms with van der Waals surface area (Å²) in [5.74, 6) is -0.0871. The van der Waals surface area contributed by atoms with E-state index in [1.54, 1.807) is 7.11 Å². The molecule has 0 unspecified atom stereocenters. The molecular weight excluding hydrogens is 222 g/mol. The van der Waals surface area contributed by atoms with Gasteiger partial charge in [0.1, 0.15) is 0 Å². The topological polar surface area (TPSA) is 79.5 Å². The lowest BCUT2D eigenvalue weighted by molar-refractivity contribution is -0.121. The van der Waals surface area contributed by atoms with Crippen molar-refractivity contribution in [2.45, 2.75) is 26.2 Å². The van der Waals surface area contributed by atoms with Crippen molar-refractivity contribution >= 4 is 11.9 Å². The summed E-state index contributed by atoms with van der Waals surface area (Å²) in [7, 11) is 1.58. The molecule has 6 nitrogen and oxygen atoms in total. The maximum absolute atomic E-state index is 11.2. The Labute approximate surface area is 102 Å². The van der Waals surface area contributed by atoms with Crippen molar-refractivity contribution in [3.8, 4) is 0 Å². The molecule has 0 heterocycles. The number of carbonyl (C=O) groups excluding carboxylic acids is 2. The Morgan fingerprint density at radius 3 is 2.41 bits per heavy atom. The van der Waals surface area contributed by atoms with E-state index >= 15 is 0 Å². The molecular formula is C11H23N3O3. The van der Waals surface area contributed by atoms with Crippen molar-refractivity contribution in [3.63, 3.8) is 0 Å². The molecule has 0 spiro atoms. The van der Waals surface area contributed by atoms with Crippen LogP contribution in [0.3, 0.4) is 0 Å². The number of hydrogen-bond acceptors (Lipinski definition) is 3. The fraction of sp³-hybridized carbons (Fsp3) is 0.818. The Morgan fingerprint density at radius 2 is 1.76 bits per heavy atom. The standard InChI is InChI=1S/C11H23N3O3/c1-3-4-6-13-11(16)14-7-5-10(15)12-8-9-17-2/h3-9H2,1-2H3,(H,12,15)(H2,13,14,16). The quantitative estimate of drug-likeness (QED) is 0.509. The lowest BCUT2D eigenvalue weighted by Gasteiger charge is -2.07. The molecule has 0 aliphatic rings. The van der Waals surface area contributed by atoms with Crippen molar-refractivity contribution < 1.29 is 14.3 Å². The maximum Gasteiger partial charge on any atom is 0.314 e. The summed E-state index contributed by atoms with van der Waals surface area (Å²) in [4.78, 5) is 22.4. The monoisotopic (exact) mass is 245 g/mol. The average molecular weight is 245 g/mol. The summed E-state index contributed by atoms with van der Waals surface area (Å²) in [5.41, 5.74) is 0. The minimum atomic E-state index is -0.219. The number of amides is 3. The van der Waals surface area contributed by atoms with Crippen molar-refractivity contribution in [2.24, 2.45) is 0 Å². The van der Waals surface area contributed by atoms with E-state index in [4.69, 9.17) is 4.74 Å². The van der Waals surface area contributed by atoms with Crippen LogP contribution in [0.15, 0.2) is 0 Å². The van der Waals surface area contributed by atoms with Gasteiger partial charge >= 0.3 is 6.03 Å². The smallest absolute Gasteiger partial charge is 0.314 e. The third-order valence-electron chi connectivity index (χ3n) is 2.08. The van der Waals surface area contributed by atoms with Crippen LogP contribution in [0.2, 0.25) is 0 Å². The van der Waals surface area contributed by atoms with E-state index in [1.165, 1.54) is 0 Å². The van der Waals surface area contributed by atoms with Crippen molar-refractivity contribution in [2.75, 3.05) is 33.4 Å². The first kappa shape index (κ1) is 15.7. The minimum absolute atomic E-state index is 0.0871. The lowest BCUT2D eigenvalue weighted by Crippen LogP contribution is -2.38. The number of unbranched alkanes of at least 4 members (excludes halogenated alkanes) is 1. The summed E-state index contributed by atoms with van der Waals surface area (Å²) in [6, 6.07) is -0.219. The molecule has 17 heavy (non-hydrogen) atoms. The predicted molar refractivity (Wildman–Crippen MR) is 65.8 cm³/mol. The van der Waals surface area contributed by atoms with Crippen LogP contribution in [0.4, 0.5) is 4.79 Å². The van der Waals surface area contributed by atoms with E-state index in [9.17, 15) is 9.59 Å². The number of nitrogens with one attached hydrogen (secondary N) is 3. The molecule has 0 saturated carbocycles. The molecule has 0 bridgehead atoms. The zero-order valence-corrected chi connectivity index (χ0v) is 10.7. The SMILES string of the molecule is CCCCNC(=O)NCCC(=O)NCCOC. The van der Waals surface area contributed by atoms with E-state index in [-0.39, 0.29) is 18.4 Å². The van der Waals surface area contributed by atoms with Crippen LogP contribution < -0.4 is 16.0 Å². The van der Waals surface area contributed by atoms with Crippen LogP contribution in [0.1, 0.15) is 26.2 Å². The molecule has 0 aliphatic heterocycles. The second-order valence-electron chi connectivity index (χ2n) is 3.63. The Bertz CT molecular complexity index is 200. The third-order valence-corrected chi connectivity index (χ3v) is 2.08. The zero-order chi connectivity index (χ0) is 12.9. The van der Waals surface area contributed by atoms with Crippen LogP contribution in [0.25, 0.3) is 0 Å². The molecule has 0 rings (SSSR count).